The summed E-state index contributed by atoms with van der Waals surface area (Å²) in [7, 11) is 0. The Labute approximate surface area is 192 Å². The van der Waals surface area contributed by atoms with E-state index in [0.717, 1.165) is 0 Å². The Morgan fingerprint density at radius 2 is 1.53 bits per heavy atom. The molecule has 184 valence electrons. The molecule has 0 aromatic heterocycles. The number of carbonyl (C=O) groups excluding carboxylic acids is 3. The Morgan fingerprint density at radius 3 is 1.97 bits per heavy atom. The topological polar surface area (TPSA) is 235 Å². The molecule has 5 atom stereocenters. The predicted octanol–water partition coefficient (Wildman–Crippen LogP) is -3.13. The highest BCUT2D eigenvalue weighted by Gasteiger charge is 2.33. The Morgan fingerprint density at radius 1 is 0.969 bits per heavy atom. The number of carboxylic acid groups (broad SMARTS) is 1. The lowest BCUT2D eigenvalue weighted by molar-refractivity contribution is -0.145. The highest BCUT2D eigenvalue weighted by molar-refractivity contribution is 7.80. The maximum atomic E-state index is 12.9. The number of hydrogen-bond donors (Lipinski definition) is 9. The first-order valence-electron chi connectivity index (χ1n) is 10.1. The second-order valence-electron chi connectivity index (χ2n) is 7.59. The number of rotatable bonds is 14. The van der Waals surface area contributed by atoms with Gasteiger partial charge in [-0.1, -0.05) is 13.8 Å². The molecule has 32 heavy (non-hydrogen) atoms. The van der Waals surface area contributed by atoms with Crippen molar-refractivity contribution in [1.82, 2.24) is 16.0 Å². The third-order valence-corrected chi connectivity index (χ3v) is 4.80. The van der Waals surface area contributed by atoms with E-state index in [1.54, 1.807) is 13.8 Å². The summed E-state index contributed by atoms with van der Waals surface area (Å²) < 4.78 is 0. The third-order valence-electron chi connectivity index (χ3n) is 4.40. The van der Waals surface area contributed by atoms with Crippen LogP contribution in [0.3, 0.4) is 0 Å². The quantitative estimate of drug-likeness (QED) is 0.0531. The second-order valence-corrected chi connectivity index (χ2v) is 7.96. The molecule has 3 amide bonds. The summed E-state index contributed by atoms with van der Waals surface area (Å²) in [6.45, 7) is 4.72. The molecule has 0 fully saturated rings. The number of nitrogens with zero attached hydrogens (tertiary/aromatic N) is 1. The SMILES string of the molecule is CC(C)C(NC(=O)C(CCCN=C(N)N)NC(=O)C(N)CS)C(=O)NC(C(=O)O)C(C)O. The number of aliphatic hydroxyl groups is 1. The summed E-state index contributed by atoms with van der Waals surface area (Å²) in [5, 5.41) is 26.0. The molecule has 14 heteroatoms. The van der Waals surface area contributed by atoms with E-state index in [1.165, 1.54) is 6.92 Å². The molecule has 0 saturated heterocycles. The molecule has 0 bridgehead atoms. The van der Waals surface area contributed by atoms with Gasteiger partial charge in [0.05, 0.1) is 12.1 Å². The number of carbonyl (C=O) groups is 4. The van der Waals surface area contributed by atoms with Crippen molar-refractivity contribution < 1.29 is 29.4 Å². The van der Waals surface area contributed by atoms with Crippen LogP contribution >= 0.6 is 12.6 Å². The van der Waals surface area contributed by atoms with E-state index < -0.39 is 59.9 Å². The Bertz CT molecular complexity index is 685. The lowest BCUT2D eigenvalue weighted by Crippen LogP contribution is -2.59. The zero-order valence-electron chi connectivity index (χ0n) is 18.4. The van der Waals surface area contributed by atoms with Crippen molar-refractivity contribution >= 4 is 42.3 Å². The summed E-state index contributed by atoms with van der Waals surface area (Å²) in [4.78, 5) is 52.7. The first-order valence-corrected chi connectivity index (χ1v) is 10.7. The number of thiol groups is 1. The van der Waals surface area contributed by atoms with Gasteiger partial charge in [-0.15, -0.1) is 0 Å². The molecule has 0 aliphatic heterocycles. The Balaban J connectivity index is 5.44. The van der Waals surface area contributed by atoms with Gasteiger partial charge in [0.25, 0.3) is 0 Å². The number of nitrogens with one attached hydrogen (secondary N) is 3. The number of carboxylic acids is 1. The standard InChI is InChI=1S/C18H35N7O6S/c1-8(2)12(16(29)25-13(9(3)26)17(30)31)24-15(28)11(5-4-6-22-18(20)21)23-14(27)10(19)7-32/h8-13,26,32H,4-7,19H2,1-3H3,(H,23,27)(H,24,28)(H,25,29)(H,30,31)(H4,20,21,22). The van der Waals surface area contributed by atoms with Crippen LogP contribution in [0.2, 0.25) is 0 Å². The molecule has 0 saturated carbocycles. The van der Waals surface area contributed by atoms with E-state index in [4.69, 9.17) is 22.3 Å². The highest BCUT2D eigenvalue weighted by atomic mass is 32.1. The van der Waals surface area contributed by atoms with Crippen molar-refractivity contribution in [2.24, 2.45) is 28.1 Å². The molecule has 0 aromatic rings. The number of nitrogens with two attached hydrogens (primary N) is 3. The van der Waals surface area contributed by atoms with Crippen LogP contribution in [0, 0.1) is 5.92 Å². The molecule has 0 heterocycles. The van der Waals surface area contributed by atoms with Crippen LogP contribution in [0.5, 0.6) is 0 Å². The van der Waals surface area contributed by atoms with Crippen molar-refractivity contribution in [2.75, 3.05) is 12.3 Å². The number of hydrogen-bond acceptors (Lipinski definition) is 8. The lowest BCUT2D eigenvalue weighted by Gasteiger charge is -2.27. The van der Waals surface area contributed by atoms with Crippen LogP contribution in [0.4, 0.5) is 0 Å². The van der Waals surface area contributed by atoms with E-state index in [2.05, 4.69) is 33.6 Å². The number of guanidine groups is 1. The van der Waals surface area contributed by atoms with Crippen molar-refractivity contribution in [1.29, 1.82) is 0 Å². The normalized spacial score (nSPS) is 15.6. The predicted molar refractivity (Wildman–Crippen MR) is 122 cm³/mol. The Hall–Kier alpha value is -2.58. The number of aliphatic hydroxyl groups excluding tert-OH is 1. The van der Waals surface area contributed by atoms with Crippen molar-refractivity contribution in [3.8, 4) is 0 Å². The van der Waals surface area contributed by atoms with E-state index in [0.29, 0.717) is 6.42 Å². The van der Waals surface area contributed by atoms with E-state index in [-0.39, 0.29) is 24.7 Å². The van der Waals surface area contributed by atoms with Crippen LogP contribution in [0.15, 0.2) is 4.99 Å². The van der Waals surface area contributed by atoms with Gasteiger partial charge in [-0.25, -0.2) is 4.79 Å². The number of aliphatic carboxylic acids is 1. The molecule has 0 spiro atoms. The fraction of sp³-hybridized carbons (Fsp3) is 0.722. The van der Waals surface area contributed by atoms with Crippen LogP contribution in [-0.4, -0.2) is 82.4 Å². The summed E-state index contributed by atoms with van der Waals surface area (Å²) >= 11 is 3.96. The largest absolute Gasteiger partial charge is 0.480 e. The minimum Gasteiger partial charge on any atom is -0.480 e. The van der Waals surface area contributed by atoms with Crippen molar-refractivity contribution in [3.05, 3.63) is 0 Å². The smallest absolute Gasteiger partial charge is 0.328 e. The van der Waals surface area contributed by atoms with Crippen LogP contribution in [0.1, 0.15) is 33.6 Å². The number of aliphatic imine (C=N–C) groups is 1. The Kier molecular flexibility index (Phi) is 13.3. The molecular formula is C18H35N7O6S. The molecule has 0 radical (unpaired) electrons. The first kappa shape index (κ1) is 29.4. The average molecular weight is 478 g/mol. The molecule has 0 aliphatic rings. The van der Waals surface area contributed by atoms with Gasteiger partial charge in [-0.2, -0.15) is 12.6 Å². The van der Waals surface area contributed by atoms with Gasteiger partial charge in [0.2, 0.25) is 17.7 Å². The highest BCUT2D eigenvalue weighted by Crippen LogP contribution is 2.07. The minimum absolute atomic E-state index is 0.0567. The minimum atomic E-state index is -1.55. The molecule has 0 aromatic carbocycles. The molecule has 0 rings (SSSR count). The molecular weight excluding hydrogens is 442 g/mol. The van der Waals surface area contributed by atoms with E-state index >= 15 is 0 Å². The first-order chi connectivity index (χ1) is 14.8. The van der Waals surface area contributed by atoms with Crippen molar-refractivity contribution in [3.63, 3.8) is 0 Å². The molecule has 11 N–H and O–H groups in total. The summed E-state index contributed by atoms with van der Waals surface area (Å²) in [6, 6.07) is -4.68. The summed E-state index contributed by atoms with van der Waals surface area (Å²) in [6.07, 6.45) is -0.871. The van der Waals surface area contributed by atoms with Crippen molar-refractivity contribution in [2.45, 2.75) is 63.9 Å². The summed E-state index contributed by atoms with van der Waals surface area (Å²) in [5.74, 6) is -3.98. The zero-order chi connectivity index (χ0) is 25.0. The van der Waals surface area contributed by atoms with Crippen LogP contribution < -0.4 is 33.2 Å². The van der Waals surface area contributed by atoms with Crippen LogP contribution in [0.25, 0.3) is 0 Å². The van der Waals surface area contributed by atoms with E-state index in [9.17, 15) is 24.3 Å². The second kappa shape index (κ2) is 14.5. The van der Waals surface area contributed by atoms with Gasteiger partial charge in [0, 0.05) is 12.3 Å². The van der Waals surface area contributed by atoms with Crippen LogP contribution in [-0.2, 0) is 19.2 Å². The number of amides is 3. The fourth-order valence-electron chi connectivity index (χ4n) is 2.55. The van der Waals surface area contributed by atoms with Gasteiger partial charge in [0.1, 0.15) is 12.1 Å². The zero-order valence-corrected chi connectivity index (χ0v) is 19.3. The monoisotopic (exact) mass is 477 g/mol. The van der Waals surface area contributed by atoms with Gasteiger partial charge in [-0.3, -0.25) is 19.4 Å². The summed E-state index contributed by atoms with van der Waals surface area (Å²) in [5.41, 5.74) is 16.2. The maximum absolute atomic E-state index is 12.9. The molecule has 0 aliphatic carbocycles. The fourth-order valence-corrected chi connectivity index (χ4v) is 2.72. The van der Waals surface area contributed by atoms with Gasteiger partial charge in [0.15, 0.2) is 12.0 Å². The average Bonchev–Trinajstić information content (AvgIpc) is 2.70. The van der Waals surface area contributed by atoms with E-state index in [1.807, 2.05) is 0 Å². The third kappa shape index (κ3) is 10.6. The molecule has 5 unspecified atom stereocenters. The maximum Gasteiger partial charge on any atom is 0.328 e. The molecule has 13 nitrogen and oxygen atoms in total. The van der Waals surface area contributed by atoms with Gasteiger partial charge >= 0.3 is 5.97 Å². The van der Waals surface area contributed by atoms with Gasteiger partial charge < -0.3 is 43.4 Å². The van der Waals surface area contributed by atoms with Gasteiger partial charge in [-0.05, 0) is 25.7 Å². The lowest BCUT2D eigenvalue weighted by atomic mass is 10.0.